The molecule has 0 aliphatic heterocycles. The van der Waals surface area contributed by atoms with E-state index in [0.29, 0.717) is 30.1 Å². The van der Waals surface area contributed by atoms with Crippen LogP contribution in [-0.2, 0) is 9.53 Å². The maximum atomic E-state index is 11.1. The molecule has 0 saturated heterocycles. The fourth-order valence-corrected chi connectivity index (χ4v) is 1.33. The van der Waals surface area contributed by atoms with Crippen molar-refractivity contribution in [2.75, 3.05) is 24.2 Å². The van der Waals surface area contributed by atoms with E-state index in [2.05, 4.69) is 5.32 Å². The van der Waals surface area contributed by atoms with Crippen LogP contribution in [0.2, 0.25) is 0 Å². The molecule has 1 aromatic carbocycles. The summed E-state index contributed by atoms with van der Waals surface area (Å²) in [5.74, 6) is -0.243. The van der Waals surface area contributed by atoms with Gasteiger partial charge in [0.1, 0.15) is 0 Å². The number of nitrogens with two attached hydrogens (primary N) is 1. The number of carbonyl (C=O) groups is 1. The van der Waals surface area contributed by atoms with Crippen molar-refractivity contribution >= 4 is 17.3 Å². The van der Waals surface area contributed by atoms with Gasteiger partial charge in [0.25, 0.3) is 0 Å². The van der Waals surface area contributed by atoms with Gasteiger partial charge in [-0.15, -0.1) is 0 Å². The molecule has 0 radical (unpaired) electrons. The van der Waals surface area contributed by atoms with E-state index in [1.807, 2.05) is 6.07 Å². The van der Waals surface area contributed by atoms with Crippen LogP contribution in [0.15, 0.2) is 18.2 Å². The number of benzene rings is 1. The van der Waals surface area contributed by atoms with Crippen LogP contribution in [0.5, 0.6) is 0 Å². The maximum Gasteiger partial charge on any atom is 0.307 e. The molecule has 5 heteroatoms. The fraction of sp³-hybridized carbons (Fsp3) is 0.333. The number of hydrogen-bond donors (Lipinski definition) is 2. The Balaban J connectivity index is 2.47. The predicted octanol–water partition coefficient (Wildman–Crippen LogP) is 1.51. The zero-order chi connectivity index (χ0) is 12.7. The summed E-state index contributed by atoms with van der Waals surface area (Å²) < 4.78 is 4.79. The van der Waals surface area contributed by atoms with Gasteiger partial charge in [-0.1, -0.05) is 0 Å². The van der Waals surface area contributed by atoms with E-state index in [1.54, 1.807) is 25.1 Å². The van der Waals surface area contributed by atoms with Gasteiger partial charge in [-0.2, -0.15) is 5.26 Å². The van der Waals surface area contributed by atoms with Gasteiger partial charge in [0.15, 0.2) is 0 Å². The number of nitriles is 1. The molecule has 5 nitrogen and oxygen atoms in total. The summed E-state index contributed by atoms with van der Waals surface area (Å²) in [4.78, 5) is 11.1. The summed E-state index contributed by atoms with van der Waals surface area (Å²) >= 11 is 0. The molecule has 0 unspecified atom stereocenters. The first-order valence-corrected chi connectivity index (χ1v) is 5.36. The summed E-state index contributed by atoms with van der Waals surface area (Å²) in [6.07, 6.45) is 0.285. The molecule has 3 N–H and O–H groups in total. The summed E-state index contributed by atoms with van der Waals surface area (Å²) in [5, 5.41) is 11.7. The van der Waals surface area contributed by atoms with E-state index in [4.69, 9.17) is 15.7 Å². The lowest BCUT2D eigenvalue weighted by Gasteiger charge is -2.08. The monoisotopic (exact) mass is 233 g/mol. The van der Waals surface area contributed by atoms with Crippen LogP contribution in [0.1, 0.15) is 18.9 Å². The van der Waals surface area contributed by atoms with E-state index < -0.39 is 0 Å². The Morgan fingerprint density at radius 1 is 1.59 bits per heavy atom. The number of nitrogens with one attached hydrogen (secondary N) is 1. The first-order chi connectivity index (χ1) is 8.17. The summed E-state index contributed by atoms with van der Waals surface area (Å²) in [5.41, 5.74) is 7.46. The SMILES string of the molecule is CCOC(=O)CCNc1ccc(C#N)cc1N. The van der Waals surface area contributed by atoms with Crippen molar-refractivity contribution < 1.29 is 9.53 Å². The number of rotatable bonds is 5. The Labute approximate surface area is 100 Å². The van der Waals surface area contributed by atoms with Crippen LogP contribution >= 0.6 is 0 Å². The molecule has 0 bridgehead atoms. The van der Waals surface area contributed by atoms with Gasteiger partial charge in [-0.05, 0) is 25.1 Å². The lowest BCUT2D eigenvalue weighted by atomic mass is 10.2. The van der Waals surface area contributed by atoms with Crippen molar-refractivity contribution in [2.45, 2.75) is 13.3 Å². The van der Waals surface area contributed by atoms with E-state index in [9.17, 15) is 4.79 Å². The van der Waals surface area contributed by atoms with Gasteiger partial charge < -0.3 is 15.8 Å². The molecular weight excluding hydrogens is 218 g/mol. The van der Waals surface area contributed by atoms with Crippen molar-refractivity contribution in [3.05, 3.63) is 23.8 Å². The zero-order valence-electron chi connectivity index (χ0n) is 9.69. The number of ether oxygens (including phenoxy) is 1. The van der Waals surface area contributed by atoms with E-state index in [1.165, 1.54) is 0 Å². The Hall–Kier alpha value is -2.22. The van der Waals surface area contributed by atoms with Gasteiger partial charge in [0.2, 0.25) is 0 Å². The van der Waals surface area contributed by atoms with Crippen LogP contribution in [0.25, 0.3) is 0 Å². The second-order valence-electron chi connectivity index (χ2n) is 3.40. The highest BCUT2D eigenvalue weighted by atomic mass is 16.5. The highest BCUT2D eigenvalue weighted by molar-refractivity contribution is 5.72. The van der Waals surface area contributed by atoms with Crippen LogP contribution in [0, 0.1) is 11.3 Å². The largest absolute Gasteiger partial charge is 0.466 e. The second kappa shape index (κ2) is 6.38. The highest BCUT2D eigenvalue weighted by Gasteiger charge is 2.03. The number of nitrogen functional groups attached to an aromatic ring is 1. The highest BCUT2D eigenvalue weighted by Crippen LogP contribution is 2.19. The Morgan fingerprint density at radius 3 is 2.94 bits per heavy atom. The molecule has 0 amide bonds. The van der Waals surface area contributed by atoms with Crippen LogP contribution in [-0.4, -0.2) is 19.1 Å². The number of hydrogen-bond acceptors (Lipinski definition) is 5. The maximum absolute atomic E-state index is 11.1. The molecule has 0 spiro atoms. The van der Waals surface area contributed by atoms with Crippen molar-refractivity contribution in [2.24, 2.45) is 0 Å². The summed E-state index contributed by atoms with van der Waals surface area (Å²) in [6, 6.07) is 6.99. The van der Waals surface area contributed by atoms with Gasteiger partial charge in [0.05, 0.1) is 36.0 Å². The number of carbonyl (C=O) groups excluding carboxylic acids is 1. The molecule has 0 aliphatic rings. The predicted molar refractivity (Wildman–Crippen MR) is 65.3 cm³/mol. The Morgan fingerprint density at radius 2 is 2.35 bits per heavy atom. The molecule has 0 heterocycles. The summed E-state index contributed by atoms with van der Waals surface area (Å²) in [7, 11) is 0. The molecular formula is C12H15N3O2. The van der Waals surface area contributed by atoms with Crippen LogP contribution in [0.4, 0.5) is 11.4 Å². The molecule has 0 aliphatic carbocycles. The zero-order valence-corrected chi connectivity index (χ0v) is 9.69. The molecule has 90 valence electrons. The average Bonchev–Trinajstić information content (AvgIpc) is 2.31. The van der Waals surface area contributed by atoms with Crippen molar-refractivity contribution in [3.8, 4) is 6.07 Å². The van der Waals surface area contributed by atoms with Crippen LogP contribution < -0.4 is 11.1 Å². The normalized spacial score (nSPS) is 9.41. The number of esters is 1. The van der Waals surface area contributed by atoms with Crippen LogP contribution in [0.3, 0.4) is 0 Å². The third kappa shape index (κ3) is 4.03. The fourth-order valence-electron chi connectivity index (χ4n) is 1.33. The van der Waals surface area contributed by atoms with Crippen molar-refractivity contribution in [1.82, 2.24) is 0 Å². The molecule has 0 fully saturated rings. The minimum absolute atomic E-state index is 0.243. The molecule has 17 heavy (non-hydrogen) atoms. The Kier molecular flexibility index (Phi) is 4.82. The number of nitrogens with zero attached hydrogens (tertiary/aromatic N) is 1. The van der Waals surface area contributed by atoms with E-state index in [0.717, 1.165) is 0 Å². The standard InChI is InChI=1S/C12H15N3O2/c1-2-17-12(16)5-6-15-11-4-3-9(8-13)7-10(11)14/h3-4,7,15H,2,5-6,14H2,1H3. The first kappa shape index (κ1) is 12.8. The first-order valence-electron chi connectivity index (χ1n) is 5.36. The number of anilines is 2. The van der Waals surface area contributed by atoms with Crippen molar-refractivity contribution in [1.29, 1.82) is 5.26 Å². The third-order valence-corrected chi connectivity index (χ3v) is 2.13. The topological polar surface area (TPSA) is 88.1 Å². The Bertz CT molecular complexity index is 438. The van der Waals surface area contributed by atoms with Gasteiger partial charge in [-0.3, -0.25) is 4.79 Å². The molecule has 0 aromatic heterocycles. The quantitative estimate of drug-likeness (QED) is 0.594. The smallest absolute Gasteiger partial charge is 0.307 e. The minimum Gasteiger partial charge on any atom is -0.466 e. The average molecular weight is 233 g/mol. The lowest BCUT2D eigenvalue weighted by molar-refractivity contribution is -0.142. The molecule has 0 atom stereocenters. The van der Waals surface area contributed by atoms with Gasteiger partial charge in [0, 0.05) is 6.54 Å². The minimum atomic E-state index is -0.243. The molecule has 0 saturated carbocycles. The molecule has 1 aromatic rings. The summed E-state index contributed by atoms with van der Waals surface area (Å²) in [6.45, 7) is 2.61. The van der Waals surface area contributed by atoms with Crippen molar-refractivity contribution in [3.63, 3.8) is 0 Å². The van der Waals surface area contributed by atoms with E-state index in [-0.39, 0.29) is 12.4 Å². The van der Waals surface area contributed by atoms with E-state index >= 15 is 0 Å². The second-order valence-corrected chi connectivity index (χ2v) is 3.40. The third-order valence-electron chi connectivity index (χ3n) is 2.13. The lowest BCUT2D eigenvalue weighted by Crippen LogP contribution is -2.12. The molecule has 1 rings (SSSR count). The van der Waals surface area contributed by atoms with Gasteiger partial charge in [-0.25, -0.2) is 0 Å². The van der Waals surface area contributed by atoms with Gasteiger partial charge >= 0.3 is 5.97 Å².